The van der Waals surface area contributed by atoms with Crippen LogP contribution >= 0.6 is 12.2 Å². The molecule has 1 aromatic carbocycles. The lowest BCUT2D eigenvalue weighted by molar-refractivity contribution is 0.546. The molecule has 3 aromatic rings. The Morgan fingerprint density at radius 2 is 1.95 bits per heavy atom. The summed E-state index contributed by atoms with van der Waals surface area (Å²) in [6.45, 7) is 3.83. The van der Waals surface area contributed by atoms with Crippen molar-refractivity contribution in [2.45, 2.75) is 13.8 Å². The van der Waals surface area contributed by atoms with Crippen molar-refractivity contribution in [3.63, 3.8) is 0 Å². The first kappa shape index (κ1) is 13.4. The van der Waals surface area contributed by atoms with Crippen LogP contribution in [-0.2, 0) is 0 Å². The molecule has 0 saturated heterocycles. The second-order valence-electron chi connectivity index (χ2n) is 4.66. The number of aromatic nitrogens is 4. The summed E-state index contributed by atoms with van der Waals surface area (Å²) in [4.78, 5) is 12.2. The van der Waals surface area contributed by atoms with E-state index < -0.39 is 0 Å². The zero-order valence-electron chi connectivity index (χ0n) is 11.5. The Morgan fingerprint density at radius 1 is 1.24 bits per heavy atom. The van der Waals surface area contributed by atoms with E-state index in [1.165, 1.54) is 6.07 Å². The van der Waals surface area contributed by atoms with Crippen molar-refractivity contribution < 1.29 is 4.42 Å². The average Bonchev–Trinajstić information content (AvgIpc) is 2.87. The van der Waals surface area contributed by atoms with Crippen LogP contribution in [0.25, 0.3) is 17.3 Å². The molecule has 0 fully saturated rings. The highest BCUT2D eigenvalue weighted by atomic mass is 32.1. The van der Waals surface area contributed by atoms with E-state index in [1.54, 1.807) is 4.68 Å². The van der Waals surface area contributed by atoms with E-state index in [2.05, 4.69) is 15.3 Å². The van der Waals surface area contributed by atoms with Gasteiger partial charge < -0.3 is 4.42 Å². The first-order valence-electron chi connectivity index (χ1n) is 6.28. The highest BCUT2D eigenvalue weighted by Crippen LogP contribution is 2.14. The van der Waals surface area contributed by atoms with Crippen LogP contribution in [0.1, 0.15) is 11.3 Å². The number of nitrogens with zero attached hydrogens (tertiary/aromatic N) is 3. The Hall–Kier alpha value is -2.54. The number of benzene rings is 1. The van der Waals surface area contributed by atoms with Crippen LogP contribution in [-0.4, -0.2) is 20.0 Å². The topological polar surface area (TPSA) is 76.7 Å². The lowest BCUT2D eigenvalue weighted by atomic mass is 10.2. The van der Waals surface area contributed by atoms with Crippen molar-refractivity contribution in [1.82, 2.24) is 20.0 Å². The molecule has 0 unspecified atom stereocenters. The summed E-state index contributed by atoms with van der Waals surface area (Å²) >= 11 is 4.82. The molecule has 21 heavy (non-hydrogen) atoms. The third-order valence-electron chi connectivity index (χ3n) is 3.03. The molecule has 1 N–H and O–H groups in total. The van der Waals surface area contributed by atoms with Gasteiger partial charge in [0.2, 0.25) is 5.43 Å². The van der Waals surface area contributed by atoms with E-state index in [9.17, 15) is 4.79 Å². The predicted molar refractivity (Wildman–Crippen MR) is 80.0 cm³/mol. The SMILES string of the molecule is Cc1ccc(-n2nc(-c3n[nH]c(=S)o3)c(=O)cc2C)cc1. The Balaban J connectivity index is 2.20. The maximum Gasteiger partial charge on any atom is 0.284 e. The molecular formula is C14H12N4O2S. The highest BCUT2D eigenvalue weighted by molar-refractivity contribution is 7.71. The van der Waals surface area contributed by atoms with Crippen LogP contribution < -0.4 is 5.43 Å². The molecule has 0 aliphatic heterocycles. The van der Waals surface area contributed by atoms with Crippen molar-refractivity contribution in [3.05, 3.63) is 56.6 Å². The van der Waals surface area contributed by atoms with Gasteiger partial charge in [-0.05, 0) is 38.2 Å². The molecule has 0 saturated carbocycles. The normalized spacial score (nSPS) is 10.8. The largest absolute Gasteiger partial charge is 0.407 e. The van der Waals surface area contributed by atoms with E-state index in [-0.39, 0.29) is 21.9 Å². The van der Waals surface area contributed by atoms with Gasteiger partial charge in [-0.1, -0.05) is 17.7 Å². The summed E-state index contributed by atoms with van der Waals surface area (Å²) in [5, 5.41) is 10.7. The van der Waals surface area contributed by atoms with E-state index >= 15 is 0 Å². The monoisotopic (exact) mass is 300 g/mol. The maximum atomic E-state index is 12.1. The van der Waals surface area contributed by atoms with Gasteiger partial charge in [0.05, 0.1) is 5.69 Å². The second-order valence-corrected chi connectivity index (χ2v) is 5.03. The number of rotatable bonds is 2. The van der Waals surface area contributed by atoms with Crippen LogP contribution in [0.3, 0.4) is 0 Å². The van der Waals surface area contributed by atoms with Gasteiger partial charge in [-0.2, -0.15) is 5.10 Å². The van der Waals surface area contributed by atoms with Gasteiger partial charge in [0.1, 0.15) is 0 Å². The Morgan fingerprint density at radius 3 is 2.57 bits per heavy atom. The quantitative estimate of drug-likeness (QED) is 0.736. The van der Waals surface area contributed by atoms with E-state index in [4.69, 9.17) is 16.6 Å². The number of hydrogen-bond donors (Lipinski definition) is 1. The summed E-state index contributed by atoms with van der Waals surface area (Å²) in [7, 11) is 0. The van der Waals surface area contributed by atoms with Gasteiger partial charge in [-0.25, -0.2) is 9.78 Å². The minimum Gasteiger partial charge on any atom is -0.407 e. The summed E-state index contributed by atoms with van der Waals surface area (Å²) in [6, 6.07) is 9.33. The van der Waals surface area contributed by atoms with Crippen LogP contribution in [0, 0.1) is 18.7 Å². The van der Waals surface area contributed by atoms with Gasteiger partial charge >= 0.3 is 0 Å². The zero-order valence-corrected chi connectivity index (χ0v) is 12.3. The first-order valence-corrected chi connectivity index (χ1v) is 6.69. The molecule has 0 aliphatic rings. The van der Waals surface area contributed by atoms with E-state index in [1.807, 2.05) is 38.1 Å². The van der Waals surface area contributed by atoms with Crippen LogP contribution in [0.2, 0.25) is 0 Å². The smallest absolute Gasteiger partial charge is 0.284 e. The minimum atomic E-state index is -0.263. The van der Waals surface area contributed by atoms with Gasteiger partial charge in [-0.15, -0.1) is 5.10 Å². The Kier molecular flexibility index (Phi) is 3.26. The molecular weight excluding hydrogens is 288 g/mol. The third-order valence-corrected chi connectivity index (χ3v) is 3.20. The average molecular weight is 300 g/mol. The third kappa shape index (κ3) is 2.55. The summed E-state index contributed by atoms with van der Waals surface area (Å²) in [5.41, 5.74) is 2.58. The molecule has 2 aromatic heterocycles. The minimum absolute atomic E-state index is 0.0888. The molecule has 3 rings (SSSR count). The molecule has 0 radical (unpaired) electrons. The first-order chi connectivity index (χ1) is 10.0. The van der Waals surface area contributed by atoms with Gasteiger partial charge in [0.15, 0.2) is 5.69 Å². The number of hydrogen-bond acceptors (Lipinski definition) is 5. The molecule has 2 heterocycles. The molecule has 0 bridgehead atoms. The van der Waals surface area contributed by atoms with Crippen molar-refractivity contribution >= 4 is 12.2 Å². The standard InChI is InChI=1S/C14H12N4O2S/c1-8-3-5-10(6-4-8)18-9(2)7-11(19)12(17-18)13-15-16-14(21)20-13/h3-7H,1-2H3,(H,16,21). The van der Waals surface area contributed by atoms with Gasteiger partial charge in [0.25, 0.3) is 10.7 Å². The molecule has 0 aliphatic carbocycles. The van der Waals surface area contributed by atoms with Crippen LogP contribution in [0.4, 0.5) is 0 Å². The van der Waals surface area contributed by atoms with Crippen molar-refractivity contribution in [2.75, 3.05) is 0 Å². The fourth-order valence-electron chi connectivity index (χ4n) is 1.97. The summed E-state index contributed by atoms with van der Waals surface area (Å²) in [6.07, 6.45) is 0. The molecule has 0 spiro atoms. The zero-order chi connectivity index (χ0) is 15.0. The lowest BCUT2D eigenvalue weighted by Crippen LogP contribution is -2.16. The van der Waals surface area contributed by atoms with Crippen LogP contribution in [0.15, 0.2) is 39.5 Å². The Labute approximate surface area is 125 Å². The fraction of sp³-hybridized carbons (Fsp3) is 0.143. The highest BCUT2D eigenvalue weighted by Gasteiger charge is 2.14. The number of aromatic amines is 1. The number of aryl methyl sites for hydroxylation is 2. The molecule has 0 atom stereocenters. The van der Waals surface area contributed by atoms with Crippen molar-refractivity contribution in [1.29, 1.82) is 0 Å². The number of H-pyrrole nitrogens is 1. The molecule has 7 heteroatoms. The van der Waals surface area contributed by atoms with Crippen molar-refractivity contribution in [3.8, 4) is 17.3 Å². The maximum absolute atomic E-state index is 12.1. The molecule has 0 amide bonds. The van der Waals surface area contributed by atoms with Crippen molar-refractivity contribution in [2.24, 2.45) is 0 Å². The van der Waals surface area contributed by atoms with E-state index in [0.29, 0.717) is 0 Å². The predicted octanol–water partition coefficient (Wildman–Crippen LogP) is 2.56. The number of nitrogens with one attached hydrogen (secondary N) is 1. The van der Waals surface area contributed by atoms with E-state index in [0.717, 1.165) is 16.9 Å². The lowest BCUT2D eigenvalue weighted by Gasteiger charge is -2.10. The summed E-state index contributed by atoms with van der Waals surface area (Å²) in [5.74, 6) is 0.0888. The molecule has 106 valence electrons. The molecule has 6 nitrogen and oxygen atoms in total. The Bertz CT molecular complexity index is 906. The second kappa shape index (κ2) is 5.10. The van der Waals surface area contributed by atoms with Crippen LogP contribution in [0.5, 0.6) is 0 Å². The van der Waals surface area contributed by atoms with Gasteiger partial charge in [0, 0.05) is 11.8 Å². The summed E-state index contributed by atoms with van der Waals surface area (Å²) < 4.78 is 6.84. The van der Waals surface area contributed by atoms with Gasteiger partial charge in [-0.3, -0.25) is 4.79 Å². The fourth-order valence-corrected chi connectivity index (χ4v) is 2.10.